The van der Waals surface area contributed by atoms with Crippen molar-refractivity contribution < 1.29 is 9.18 Å². The van der Waals surface area contributed by atoms with E-state index in [0.717, 1.165) is 0 Å². The number of nitrogens with zero attached hydrogens (tertiary/aromatic N) is 2. The van der Waals surface area contributed by atoms with Crippen LogP contribution in [-0.2, 0) is 7.05 Å². The van der Waals surface area contributed by atoms with E-state index in [1.165, 1.54) is 23.0 Å². The molecule has 0 saturated heterocycles. The SMILES string of the molecule is Cn1cnc2cc(NC(=O)c3cccc4cc(F)ccc34)ccc2c1=O. The Labute approximate surface area is 147 Å². The van der Waals surface area contributed by atoms with Crippen LogP contribution in [0.15, 0.2) is 65.7 Å². The van der Waals surface area contributed by atoms with Crippen molar-refractivity contribution in [2.45, 2.75) is 0 Å². The number of hydrogen-bond acceptors (Lipinski definition) is 3. The maximum Gasteiger partial charge on any atom is 0.260 e. The third-order valence-electron chi connectivity index (χ3n) is 4.26. The van der Waals surface area contributed by atoms with E-state index in [9.17, 15) is 14.0 Å². The molecule has 0 aliphatic rings. The highest BCUT2D eigenvalue weighted by Crippen LogP contribution is 2.22. The number of nitrogens with one attached hydrogen (secondary N) is 1. The maximum absolute atomic E-state index is 13.4. The maximum atomic E-state index is 13.4. The smallest absolute Gasteiger partial charge is 0.260 e. The van der Waals surface area contributed by atoms with Crippen LogP contribution in [-0.4, -0.2) is 15.5 Å². The fourth-order valence-electron chi connectivity index (χ4n) is 2.94. The largest absolute Gasteiger partial charge is 0.322 e. The van der Waals surface area contributed by atoms with Gasteiger partial charge in [0, 0.05) is 18.3 Å². The van der Waals surface area contributed by atoms with Gasteiger partial charge in [0.25, 0.3) is 11.5 Å². The lowest BCUT2D eigenvalue weighted by Gasteiger charge is -2.09. The number of aromatic nitrogens is 2. The van der Waals surface area contributed by atoms with Gasteiger partial charge in [-0.15, -0.1) is 0 Å². The standard InChI is InChI=1S/C20H14FN3O2/c1-24-11-22-18-10-14(6-8-17(18)20(24)26)23-19(25)16-4-2-3-12-9-13(21)5-7-15(12)16/h2-11H,1H3,(H,23,25). The van der Waals surface area contributed by atoms with Crippen LogP contribution in [0.5, 0.6) is 0 Å². The van der Waals surface area contributed by atoms with Crippen LogP contribution in [0.2, 0.25) is 0 Å². The Morgan fingerprint density at radius 2 is 1.88 bits per heavy atom. The Balaban J connectivity index is 1.72. The van der Waals surface area contributed by atoms with Gasteiger partial charge < -0.3 is 9.88 Å². The molecule has 6 heteroatoms. The lowest BCUT2D eigenvalue weighted by molar-refractivity contribution is 0.102. The van der Waals surface area contributed by atoms with Crippen LogP contribution in [0, 0.1) is 5.82 Å². The molecule has 0 aliphatic heterocycles. The van der Waals surface area contributed by atoms with Gasteiger partial charge in [0.15, 0.2) is 0 Å². The molecule has 1 amide bonds. The molecule has 3 aromatic carbocycles. The molecule has 0 fully saturated rings. The minimum absolute atomic E-state index is 0.149. The second-order valence-corrected chi connectivity index (χ2v) is 6.02. The number of aryl methyl sites for hydroxylation is 1. The molecule has 1 heterocycles. The van der Waals surface area contributed by atoms with Gasteiger partial charge in [0.1, 0.15) is 5.82 Å². The molecule has 0 atom stereocenters. The number of amides is 1. The fraction of sp³-hybridized carbons (Fsp3) is 0.0500. The number of benzene rings is 3. The molecule has 1 N–H and O–H groups in total. The first kappa shape index (κ1) is 16.0. The van der Waals surface area contributed by atoms with Crippen molar-refractivity contribution in [1.29, 1.82) is 0 Å². The van der Waals surface area contributed by atoms with E-state index in [1.54, 1.807) is 49.5 Å². The summed E-state index contributed by atoms with van der Waals surface area (Å²) in [5.41, 5.74) is 1.33. The summed E-state index contributed by atoms with van der Waals surface area (Å²) in [6.45, 7) is 0. The molecule has 4 aromatic rings. The number of hydrogen-bond donors (Lipinski definition) is 1. The fourth-order valence-corrected chi connectivity index (χ4v) is 2.94. The van der Waals surface area contributed by atoms with Gasteiger partial charge in [-0.1, -0.05) is 18.2 Å². The number of carbonyl (C=O) groups is 1. The number of halogens is 1. The Hall–Kier alpha value is -3.54. The lowest BCUT2D eigenvalue weighted by atomic mass is 10.0. The van der Waals surface area contributed by atoms with E-state index in [0.29, 0.717) is 32.9 Å². The summed E-state index contributed by atoms with van der Waals surface area (Å²) in [6, 6.07) is 14.4. The molecule has 0 aliphatic carbocycles. The second kappa shape index (κ2) is 6.07. The van der Waals surface area contributed by atoms with Gasteiger partial charge in [-0.3, -0.25) is 9.59 Å². The summed E-state index contributed by atoms with van der Waals surface area (Å²) in [7, 11) is 1.63. The molecule has 0 unspecified atom stereocenters. The van der Waals surface area contributed by atoms with E-state index < -0.39 is 0 Å². The number of fused-ring (bicyclic) bond motifs is 2. The molecule has 0 spiro atoms. The first-order valence-corrected chi connectivity index (χ1v) is 7.98. The highest BCUT2D eigenvalue weighted by Gasteiger charge is 2.12. The predicted molar refractivity (Wildman–Crippen MR) is 98.8 cm³/mol. The Morgan fingerprint density at radius 3 is 2.73 bits per heavy atom. The van der Waals surface area contributed by atoms with Crippen molar-refractivity contribution in [3.05, 3.63) is 82.7 Å². The normalized spacial score (nSPS) is 11.0. The molecular formula is C20H14FN3O2. The van der Waals surface area contributed by atoms with Crippen LogP contribution in [0.3, 0.4) is 0 Å². The van der Waals surface area contributed by atoms with Gasteiger partial charge in [0.2, 0.25) is 0 Å². The third kappa shape index (κ3) is 2.71. The van der Waals surface area contributed by atoms with E-state index in [1.807, 2.05) is 0 Å². The zero-order chi connectivity index (χ0) is 18.3. The second-order valence-electron chi connectivity index (χ2n) is 6.02. The molecule has 0 bridgehead atoms. The number of anilines is 1. The highest BCUT2D eigenvalue weighted by molar-refractivity contribution is 6.13. The van der Waals surface area contributed by atoms with Crippen molar-refractivity contribution in [3.8, 4) is 0 Å². The lowest BCUT2D eigenvalue weighted by Crippen LogP contribution is -2.17. The minimum Gasteiger partial charge on any atom is -0.322 e. The third-order valence-corrected chi connectivity index (χ3v) is 4.26. The van der Waals surface area contributed by atoms with Crippen molar-refractivity contribution in [2.75, 3.05) is 5.32 Å². The van der Waals surface area contributed by atoms with E-state index >= 15 is 0 Å². The zero-order valence-corrected chi connectivity index (χ0v) is 13.9. The average Bonchev–Trinajstić information content (AvgIpc) is 2.64. The summed E-state index contributed by atoms with van der Waals surface area (Å²) in [4.78, 5) is 29.0. The molecule has 26 heavy (non-hydrogen) atoms. The van der Waals surface area contributed by atoms with Crippen LogP contribution in [0.4, 0.5) is 10.1 Å². The number of carbonyl (C=O) groups excluding carboxylic acids is 1. The van der Waals surface area contributed by atoms with Gasteiger partial charge in [0.05, 0.1) is 17.2 Å². The van der Waals surface area contributed by atoms with Crippen LogP contribution < -0.4 is 10.9 Å². The van der Waals surface area contributed by atoms with Crippen molar-refractivity contribution >= 4 is 33.3 Å². The molecule has 1 aromatic heterocycles. The van der Waals surface area contributed by atoms with Crippen LogP contribution in [0.25, 0.3) is 21.7 Å². The highest BCUT2D eigenvalue weighted by atomic mass is 19.1. The van der Waals surface area contributed by atoms with Gasteiger partial charge >= 0.3 is 0 Å². The van der Waals surface area contributed by atoms with Gasteiger partial charge in [-0.05, 0) is 47.2 Å². The molecule has 0 saturated carbocycles. The molecule has 128 valence electrons. The summed E-state index contributed by atoms with van der Waals surface area (Å²) in [5.74, 6) is -0.664. The monoisotopic (exact) mass is 347 g/mol. The summed E-state index contributed by atoms with van der Waals surface area (Å²) < 4.78 is 14.8. The van der Waals surface area contributed by atoms with Crippen LogP contribution in [0.1, 0.15) is 10.4 Å². The predicted octanol–water partition coefficient (Wildman–Crippen LogP) is 3.48. The number of rotatable bonds is 2. The first-order chi connectivity index (χ1) is 12.5. The van der Waals surface area contributed by atoms with Crippen molar-refractivity contribution in [3.63, 3.8) is 0 Å². The topological polar surface area (TPSA) is 64.0 Å². The Morgan fingerprint density at radius 1 is 1.08 bits per heavy atom. The van der Waals surface area contributed by atoms with E-state index in [2.05, 4.69) is 10.3 Å². The summed E-state index contributed by atoms with van der Waals surface area (Å²) in [5, 5.41) is 4.61. The first-order valence-electron chi connectivity index (χ1n) is 7.98. The molecule has 0 radical (unpaired) electrons. The van der Waals surface area contributed by atoms with Gasteiger partial charge in [-0.25, -0.2) is 9.37 Å². The zero-order valence-electron chi connectivity index (χ0n) is 13.9. The average molecular weight is 347 g/mol. The van der Waals surface area contributed by atoms with Gasteiger partial charge in [-0.2, -0.15) is 0 Å². The summed E-state index contributed by atoms with van der Waals surface area (Å²) >= 11 is 0. The molecule has 4 rings (SSSR count). The molecular weight excluding hydrogens is 333 g/mol. The van der Waals surface area contributed by atoms with E-state index in [4.69, 9.17) is 0 Å². The van der Waals surface area contributed by atoms with E-state index in [-0.39, 0.29) is 17.3 Å². The van der Waals surface area contributed by atoms with Crippen LogP contribution >= 0.6 is 0 Å². The Kier molecular flexibility index (Phi) is 3.73. The van der Waals surface area contributed by atoms with Crippen molar-refractivity contribution in [1.82, 2.24) is 9.55 Å². The van der Waals surface area contributed by atoms with Crippen molar-refractivity contribution in [2.24, 2.45) is 7.05 Å². The Bertz CT molecular complexity index is 1230. The minimum atomic E-state index is -0.350. The quantitative estimate of drug-likeness (QED) is 0.604. The summed E-state index contributed by atoms with van der Waals surface area (Å²) in [6.07, 6.45) is 1.44. The molecule has 5 nitrogen and oxygen atoms in total.